The van der Waals surface area contributed by atoms with Crippen molar-refractivity contribution in [2.45, 2.75) is 44.7 Å². The van der Waals surface area contributed by atoms with E-state index >= 15 is 0 Å². The molecular formula is C18H24N4O3S2. The van der Waals surface area contributed by atoms with E-state index in [9.17, 15) is 9.59 Å². The number of aryl methyl sites for hydroxylation is 1. The molecule has 2 aromatic heterocycles. The second-order valence-electron chi connectivity index (χ2n) is 6.50. The number of imide groups is 1. The molecule has 1 N–H and O–H groups in total. The van der Waals surface area contributed by atoms with Crippen molar-refractivity contribution in [1.29, 1.82) is 0 Å². The quantitative estimate of drug-likeness (QED) is 0.737. The van der Waals surface area contributed by atoms with Gasteiger partial charge in [0.15, 0.2) is 11.0 Å². The van der Waals surface area contributed by atoms with Crippen LogP contribution in [0.2, 0.25) is 0 Å². The molecule has 2 amide bonds. The van der Waals surface area contributed by atoms with Gasteiger partial charge in [-0.1, -0.05) is 25.1 Å². The molecule has 7 nitrogen and oxygen atoms in total. The summed E-state index contributed by atoms with van der Waals surface area (Å²) in [5.74, 6) is 1.25. The van der Waals surface area contributed by atoms with Gasteiger partial charge in [-0.15, -0.1) is 21.5 Å². The van der Waals surface area contributed by atoms with E-state index in [2.05, 4.69) is 28.5 Å². The number of thioether (sulfide) groups is 1. The second kappa shape index (κ2) is 8.88. The second-order valence-corrected chi connectivity index (χ2v) is 8.58. The van der Waals surface area contributed by atoms with Crippen LogP contribution >= 0.6 is 23.1 Å². The molecule has 2 heterocycles. The first-order chi connectivity index (χ1) is 13.0. The maximum atomic E-state index is 11.8. The standard InChI is InChI=1S/C18H24N4O3S2/c1-4-11-6-7-13-12(8-11)9-14(27-13)16-20-21-17(22(16)3)26-10-15(23)19-18(24)25-5-2/h9,11H,4-8,10H2,1-3H3,(H,19,23,24)/t11-/m1/s1. The van der Waals surface area contributed by atoms with Crippen molar-refractivity contribution in [2.24, 2.45) is 13.0 Å². The molecule has 9 heteroatoms. The van der Waals surface area contributed by atoms with Crippen molar-refractivity contribution in [3.63, 3.8) is 0 Å². The molecule has 146 valence electrons. The van der Waals surface area contributed by atoms with E-state index in [4.69, 9.17) is 4.74 Å². The Bertz CT molecular complexity index is 831. The van der Waals surface area contributed by atoms with E-state index in [0.717, 1.165) is 29.5 Å². The molecule has 1 atom stereocenters. The molecule has 0 aromatic carbocycles. The molecule has 0 fully saturated rings. The minimum atomic E-state index is -0.726. The number of carbonyl (C=O) groups is 2. The Hall–Kier alpha value is -1.87. The van der Waals surface area contributed by atoms with Gasteiger partial charge in [0, 0.05) is 11.9 Å². The molecule has 1 aliphatic rings. The van der Waals surface area contributed by atoms with Crippen molar-refractivity contribution in [3.05, 3.63) is 16.5 Å². The number of rotatable bonds is 6. The van der Waals surface area contributed by atoms with Crippen LogP contribution in [0.15, 0.2) is 11.2 Å². The summed E-state index contributed by atoms with van der Waals surface area (Å²) in [7, 11) is 1.90. The lowest BCUT2D eigenvalue weighted by Crippen LogP contribution is -2.32. The van der Waals surface area contributed by atoms with E-state index in [-0.39, 0.29) is 12.4 Å². The Morgan fingerprint density at radius 1 is 1.41 bits per heavy atom. The number of thiophene rings is 1. The first-order valence-electron chi connectivity index (χ1n) is 9.12. The number of nitrogens with one attached hydrogen (secondary N) is 1. The van der Waals surface area contributed by atoms with E-state index in [1.54, 1.807) is 18.3 Å². The highest BCUT2D eigenvalue weighted by molar-refractivity contribution is 7.99. The van der Waals surface area contributed by atoms with Crippen molar-refractivity contribution < 1.29 is 14.3 Å². The van der Waals surface area contributed by atoms with Gasteiger partial charge in [-0.05, 0) is 43.7 Å². The first kappa shape index (κ1) is 19.9. The first-order valence-corrected chi connectivity index (χ1v) is 10.9. The Balaban J connectivity index is 1.65. The lowest BCUT2D eigenvalue weighted by Gasteiger charge is -2.19. The summed E-state index contributed by atoms with van der Waals surface area (Å²) < 4.78 is 6.59. The van der Waals surface area contributed by atoms with Crippen molar-refractivity contribution >= 4 is 35.1 Å². The molecule has 2 aromatic rings. The van der Waals surface area contributed by atoms with Crippen LogP contribution in [-0.2, 0) is 29.4 Å². The van der Waals surface area contributed by atoms with Crippen molar-refractivity contribution in [1.82, 2.24) is 20.1 Å². The van der Waals surface area contributed by atoms with E-state index in [0.29, 0.717) is 5.16 Å². The fourth-order valence-electron chi connectivity index (χ4n) is 3.16. The summed E-state index contributed by atoms with van der Waals surface area (Å²) >= 11 is 3.04. The number of fused-ring (bicyclic) bond motifs is 1. The SMILES string of the molecule is CCOC(=O)NC(=O)CSc1nnc(-c2cc3c(s2)CC[C@@H](CC)C3)n1C. The predicted molar refractivity (Wildman–Crippen MR) is 106 cm³/mol. The van der Waals surface area contributed by atoms with Crippen LogP contribution in [0.4, 0.5) is 4.79 Å². The van der Waals surface area contributed by atoms with Gasteiger partial charge in [0.05, 0.1) is 17.2 Å². The van der Waals surface area contributed by atoms with Crippen LogP contribution in [0.1, 0.15) is 37.1 Å². The van der Waals surface area contributed by atoms with E-state index in [1.807, 2.05) is 11.6 Å². The highest BCUT2D eigenvalue weighted by Gasteiger charge is 2.22. The minimum absolute atomic E-state index is 0.0733. The maximum Gasteiger partial charge on any atom is 0.413 e. The average molecular weight is 409 g/mol. The van der Waals surface area contributed by atoms with Gasteiger partial charge in [-0.3, -0.25) is 10.1 Å². The van der Waals surface area contributed by atoms with Gasteiger partial charge in [0.1, 0.15) is 0 Å². The highest BCUT2D eigenvalue weighted by Crippen LogP contribution is 2.37. The minimum Gasteiger partial charge on any atom is -0.450 e. The molecule has 1 aliphatic carbocycles. The molecule has 0 radical (unpaired) electrons. The molecular weight excluding hydrogens is 384 g/mol. The zero-order valence-electron chi connectivity index (χ0n) is 15.8. The van der Waals surface area contributed by atoms with Gasteiger partial charge in [-0.25, -0.2) is 4.79 Å². The summed E-state index contributed by atoms with van der Waals surface area (Å²) in [6.45, 7) is 4.17. The Morgan fingerprint density at radius 3 is 2.96 bits per heavy atom. The number of amides is 2. The summed E-state index contributed by atoms with van der Waals surface area (Å²) in [4.78, 5) is 25.6. The van der Waals surface area contributed by atoms with Crippen LogP contribution < -0.4 is 5.32 Å². The predicted octanol–water partition coefficient (Wildman–Crippen LogP) is 3.42. The average Bonchev–Trinajstić information content (AvgIpc) is 3.22. The van der Waals surface area contributed by atoms with Gasteiger partial charge >= 0.3 is 6.09 Å². The maximum absolute atomic E-state index is 11.8. The summed E-state index contributed by atoms with van der Waals surface area (Å²) in [6.07, 6.45) is 4.06. The number of alkyl carbamates (subject to hydrolysis) is 1. The normalized spacial score (nSPS) is 16.0. The highest BCUT2D eigenvalue weighted by atomic mass is 32.2. The molecule has 0 aliphatic heterocycles. The Labute approximate surface area is 166 Å². The lowest BCUT2D eigenvalue weighted by molar-refractivity contribution is -0.117. The van der Waals surface area contributed by atoms with Crippen LogP contribution in [0.5, 0.6) is 0 Å². The molecule has 0 unspecified atom stereocenters. The van der Waals surface area contributed by atoms with Crippen molar-refractivity contribution in [3.8, 4) is 10.7 Å². The third kappa shape index (κ3) is 4.70. The zero-order valence-corrected chi connectivity index (χ0v) is 17.4. The topological polar surface area (TPSA) is 86.1 Å². The van der Waals surface area contributed by atoms with Crippen LogP contribution in [0.25, 0.3) is 10.7 Å². The Morgan fingerprint density at radius 2 is 2.22 bits per heavy atom. The van der Waals surface area contributed by atoms with Gasteiger partial charge in [0.25, 0.3) is 0 Å². The number of ether oxygens (including phenoxy) is 1. The smallest absolute Gasteiger partial charge is 0.413 e. The largest absolute Gasteiger partial charge is 0.450 e. The monoisotopic (exact) mass is 408 g/mol. The third-order valence-corrected chi connectivity index (χ3v) is 6.92. The van der Waals surface area contributed by atoms with Gasteiger partial charge in [-0.2, -0.15) is 0 Å². The number of hydrogen-bond donors (Lipinski definition) is 1. The fourth-order valence-corrected chi connectivity index (χ4v) is 5.10. The van der Waals surface area contributed by atoms with Gasteiger partial charge < -0.3 is 9.30 Å². The zero-order chi connectivity index (χ0) is 19.4. The summed E-state index contributed by atoms with van der Waals surface area (Å²) in [5.41, 5.74) is 1.44. The summed E-state index contributed by atoms with van der Waals surface area (Å²) in [6, 6.07) is 2.24. The number of hydrogen-bond acceptors (Lipinski definition) is 7. The fraction of sp³-hybridized carbons (Fsp3) is 0.556. The Kier molecular flexibility index (Phi) is 6.54. The summed E-state index contributed by atoms with van der Waals surface area (Å²) in [5, 5.41) is 11.3. The third-order valence-electron chi connectivity index (χ3n) is 4.67. The molecule has 0 saturated heterocycles. The number of nitrogens with zero attached hydrogens (tertiary/aromatic N) is 3. The van der Waals surface area contributed by atoms with Gasteiger partial charge in [0.2, 0.25) is 5.91 Å². The number of carbonyl (C=O) groups excluding carboxylic acids is 2. The molecule has 0 saturated carbocycles. The molecule has 27 heavy (non-hydrogen) atoms. The van der Waals surface area contributed by atoms with Crippen LogP contribution in [0, 0.1) is 5.92 Å². The molecule has 0 spiro atoms. The van der Waals surface area contributed by atoms with E-state index < -0.39 is 12.0 Å². The van der Waals surface area contributed by atoms with Crippen LogP contribution in [0.3, 0.4) is 0 Å². The van der Waals surface area contributed by atoms with Crippen molar-refractivity contribution in [2.75, 3.05) is 12.4 Å². The lowest BCUT2D eigenvalue weighted by atomic mass is 9.87. The molecule has 0 bridgehead atoms. The number of aromatic nitrogens is 3. The van der Waals surface area contributed by atoms with Crippen LogP contribution in [-0.4, -0.2) is 39.1 Å². The molecule has 3 rings (SSSR count). The van der Waals surface area contributed by atoms with E-state index in [1.165, 1.54) is 35.0 Å².